The molecule has 0 aromatic heterocycles. The Morgan fingerprint density at radius 1 is 0.257 bits per heavy atom. The molecule has 0 rings (SSSR count). The third kappa shape index (κ3) is 61.0. The molecule has 0 amide bonds. The van der Waals surface area contributed by atoms with Crippen LogP contribution in [0.25, 0.3) is 0 Å². The van der Waals surface area contributed by atoms with E-state index in [2.05, 4.69) is 32.9 Å². The zero-order chi connectivity index (χ0) is 53.6. The molecule has 74 heavy (non-hydrogen) atoms. The van der Waals surface area contributed by atoms with Gasteiger partial charge in [-0.1, -0.05) is 335 Å². The lowest BCUT2D eigenvalue weighted by Gasteiger charge is -2.18. The lowest BCUT2D eigenvalue weighted by atomic mass is 10.0. The van der Waals surface area contributed by atoms with Crippen LogP contribution in [0.5, 0.6) is 0 Å². The molecule has 1 atom stereocenters. The van der Waals surface area contributed by atoms with Crippen LogP contribution in [0.15, 0.2) is 12.2 Å². The summed E-state index contributed by atoms with van der Waals surface area (Å²) in [7, 11) is 0. The Morgan fingerprint density at radius 3 is 0.676 bits per heavy atom. The maximum absolute atomic E-state index is 12.8. The first kappa shape index (κ1) is 72.2. The molecule has 0 aliphatic rings. The van der Waals surface area contributed by atoms with Gasteiger partial charge >= 0.3 is 17.9 Å². The highest BCUT2D eigenvalue weighted by atomic mass is 16.6. The van der Waals surface area contributed by atoms with Crippen molar-refractivity contribution in [2.45, 2.75) is 393 Å². The van der Waals surface area contributed by atoms with E-state index in [4.69, 9.17) is 14.2 Å². The first-order chi connectivity index (χ1) is 36.5. The van der Waals surface area contributed by atoms with Crippen LogP contribution in [-0.2, 0) is 28.6 Å². The van der Waals surface area contributed by atoms with Crippen LogP contribution in [0.2, 0.25) is 0 Å². The summed E-state index contributed by atoms with van der Waals surface area (Å²) in [5, 5.41) is 0. The number of unbranched alkanes of at least 4 members (excludes halogenated alkanes) is 50. The maximum Gasteiger partial charge on any atom is 0.306 e. The smallest absolute Gasteiger partial charge is 0.306 e. The third-order valence-electron chi connectivity index (χ3n) is 15.5. The minimum atomic E-state index is -0.761. The largest absolute Gasteiger partial charge is 0.462 e. The van der Waals surface area contributed by atoms with Crippen molar-refractivity contribution in [3.63, 3.8) is 0 Å². The van der Waals surface area contributed by atoms with Gasteiger partial charge in [0.25, 0.3) is 0 Å². The lowest BCUT2D eigenvalue weighted by molar-refractivity contribution is -0.167. The molecule has 438 valence electrons. The third-order valence-corrected chi connectivity index (χ3v) is 15.5. The van der Waals surface area contributed by atoms with Crippen LogP contribution in [0.3, 0.4) is 0 Å². The number of carbonyl (C=O) groups is 3. The molecule has 0 bridgehead atoms. The first-order valence-electron chi connectivity index (χ1n) is 33.7. The molecule has 6 nitrogen and oxygen atoms in total. The SMILES string of the molecule is CCCCCCCCCC/C=C\CCCCCCCCCCCCCCCCCCCCCCCCCC(=O)OCC(COC(=O)CCCCCCCCC)OC(=O)CCCCCCCCCCCCCCCC. The molecule has 0 fully saturated rings. The van der Waals surface area contributed by atoms with E-state index in [1.54, 1.807) is 0 Å². The summed E-state index contributed by atoms with van der Waals surface area (Å²) >= 11 is 0. The molecule has 1 unspecified atom stereocenters. The summed E-state index contributed by atoms with van der Waals surface area (Å²) in [6.07, 6.45) is 75.7. The molecule has 0 N–H and O–H groups in total. The predicted molar refractivity (Wildman–Crippen MR) is 321 cm³/mol. The Balaban J connectivity index is 3.87. The quantitative estimate of drug-likeness (QED) is 0.0261. The Morgan fingerprint density at radius 2 is 0.446 bits per heavy atom. The molecule has 6 heteroatoms. The van der Waals surface area contributed by atoms with E-state index in [0.29, 0.717) is 19.3 Å². The van der Waals surface area contributed by atoms with Gasteiger partial charge in [-0.25, -0.2) is 0 Å². The highest BCUT2D eigenvalue weighted by molar-refractivity contribution is 5.71. The normalized spacial score (nSPS) is 12.0. The van der Waals surface area contributed by atoms with Crippen LogP contribution in [0.4, 0.5) is 0 Å². The molecule has 0 saturated heterocycles. The zero-order valence-corrected chi connectivity index (χ0v) is 50.4. The van der Waals surface area contributed by atoms with E-state index >= 15 is 0 Å². The number of ether oxygens (including phenoxy) is 3. The maximum atomic E-state index is 12.8. The van der Waals surface area contributed by atoms with Crippen molar-refractivity contribution >= 4 is 17.9 Å². The highest BCUT2D eigenvalue weighted by Gasteiger charge is 2.19. The van der Waals surface area contributed by atoms with Gasteiger partial charge in [0.05, 0.1) is 0 Å². The number of hydrogen-bond donors (Lipinski definition) is 0. The second kappa shape index (κ2) is 63.7. The zero-order valence-electron chi connectivity index (χ0n) is 50.4. The van der Waals surface area contributed by atoms with Gasteiger partial charge in [0.15, 0.2) is 6.10 Å². The molecule has 0 spiro atoms. The fourth-order valence-electron chi connectivity index (χ4n) is 10.4. The van der Waals surface area contributed by atoms with Crippen molar-refractivity contribution in [1.82, 2.24) is 0 Å². The first-order valence-corrected chi connectivity index (χ1v) is 33.7. The van der Waals surface area contributed by atoms with E-state index in [0.717, 1.165) is 57.8 Å². The predicted octanol–water partition coefficient (Wildman–Crippen LogP) is 22.8. The van der Waals surface area contributed by atoms with Crippen molar-refractivity contribution in [1.29, 1.82) is 0 Å². The average molecular weight is 1040 g/mol. The van der Waals surface area contributed by atoms with Crippen molar-refractivity contribution in [2.24, 2.45) is 0 Å². The van der Waals surface area contributed by atoms with Crippen LogP contribution in [0, 0.1) is 0 Å². The Kier molecular flexibility index (Phi) is 62.1. The topological polar surface area (TPSA) is 78.9 Å². The standard InChI is InChI=1S/C68H130O6/c1-4-7-10-13-16-18-20-22-24-25-26-27-28-29-30-31-32-33-34-35-36-37-38-39-40-41-42-43-44-46-47-49-52-55-58-61-67(70)73-64-65(63-72-66(69)60-57-54-51-15-12-9-6-3)74-68(71)62-59-56-53-50-48-45-23-21-19-17-14-11-8-5-2/h25-26,65H,4-24,27-64H2,1-3H3/b26-25-. The lowest BCUT2D eigenvalue weighted by Crippen LogP contribution is -2.30. The van der Waals surface area contributed by atoms with Gasteiger partial charge in [-0.3, -0.25) is 14.4 Å². The van der Waals surface area contributed by atoms with E-state index in [1.807, 2.05) is 0 Å². The molecule has 0 aliphatic carbocycles. The van der Waals surface area contributed by atoms with Gasteiger partial charge < -0.3 is 14.2 Å². The van der Waals surface area contributed by atoms with Crippen molar-refractivity contribution in [3.8, 4) is 0 Å². The summed E-state index contributed by atoms with van der Waals surface area (Å²) < 4.78 is 16.8. The molecule has 0 aromatic carbocycles. The van der Waals surface area contributed by atoms with Gasteiger partial charge in [0, 0.05) is 19.3 Å². The Labute approximate surface area is 462 Å². The molecular weight excluding hydrogens is 913 g/mol. The number of esters is 3. The summed E-state index contributed by atoms with van der Waals surface area (Å²) in [6, 6.07) is 0. The molecule has 0 heterocycles. The van der Waals surface area contributed by atoms with Crippen molar-refractivity contribution in [2.75, 3.05) is 13.2 Å². The van der Waals surface area contributed by atoms with Gasteiger partial charge in [0.2, 0.25) is 0 Å². The van der Waals surface area contributed by atoms with Crippen molar-refractivity contribution in [3.05, 3.63) is 12.2 Å². The van der Waals surface area contributed by atoms with Gasteiger partial charge in [-0.05, 0) is 44.9 Å². The summed E-state index contributed by atoms with van der Waals surface area (Å²) in [4.78, 5) is 38.0. The molecule has 0 saturated carbocycles. The van der Waals surface area contributed by atoms with E-state index < -0.39 is 6.10 Å². The molecule has 0 radical (unpaired) electrons. The second-order valence-corrected chi connectivity index (χ2v) is 23.1. The fourth-order valence-corrected chi connectivity index (χ4v) is 10.4. The summed E-state index contributed by atoms with van der Waals surface area (Å²) in [5.74, 6) is -0.843. The van der Waals surface area contributed by atoms with Gasteiger partial charge in [-0.15, -0.1) is 0 Å². The Hall–Kier alpha value is -1.85. The minimum absolute atomic E-state index is 0.0629. The number of rotatable bonds is 63. The van der Waals surface area contributed by atoms with Crippen LogP contribution in [-0.4, -0.2) is 37.2 Å². The average Bonchev–Trinajstić information content (AvgIpc) is 3.40. The monoisotopic (exact) mass is 1040 g/mol. The Bertz CT molecular complexity index is 1150. The molecule has 0 aromatic rings. The number of hydrogen-bond acceptors (Lipinski definition) is 6. The summed E-state index contributed by atoms with van der Waals surface area (Å²) in [5.41, 5.74) is 0. The number of carbonyl (C=O) groups excluding carboxylic acids is 3. The second-order valence-electron chi connectivity index (χ2n) is 23.1. The fraction of sp³-hybridized carbons (Fsp3) is 0.926. The number of allylic oxidation sites excluding steroid dienone is 2. The highest BCUT2D eigenvalue weighted by Crippen LogP contribution is 2.19. The molecule has 0 aliphatic heterocycles. The van der Waals surface area contributed by atoms with E-state index in [9.17, 15) is 14.4 Å². The van der Waals surface area contributed by atoms with E-state index in [1.165, 1.54) is 289 Å². The van der Waals surface area contributed by atoms with Crippen molar-refractivity contribution < 1.29 is 28.6 Å². The van der Waals surface area contributed by atoms with E-state index in [-0.39, 0.29) is 31.1 Å². The van der Waals surface area contributed by atoms with Crippen LogP contribution >= 0.6 is 0 Å². The van der Waals surface area contributed by atoms with Crippen LogP contribution in [0.1, 0.15) is 387 Å². The molecular formula is C68H130O6. The van der Waals surface area contributed by atoms with Gasteiger partial charge in [-0.2, -0.15) is 0 Å². The summed E-state index contributed by atoms with van der Waals surface area (Å²) in [6.45, 7) is 6.66. The van der Waals surface area contributed by atoms with Crippen LogP contribution < -0.4 is 0 Å². The minimum Gasteiger partial charge on any atom is -0.462 e. The van der Waals surface area contributed by atoms with Gasteiger partial charge in [0.1, 0.15) is 13.2 Å².